The fourth-order valence-electron chi connectivity index (χ4n) is 2.48. The highest BCUT2D eigenvalue weighted by Crippen LogP contribution is 2.32. The van der Waals surface area contributed by atoms with Crippen molar-refractivity contribution in [1.29, 1.82) is 0 Å². The largest absolute Gasteiger partial charge is 0.490 e. The third-order valence-electron chi connectivity index (χ3n) is 3.66. The quantitative estimate of drug-likeness (QED) is 0.759. The van der Waals surface area contributed by atoms with E-state index in [0.29, 0.717) is 36.2 Å². The van der Waals surface area contributed by atoms with Gasteiger partial charge in [0, 0.05) is 18.2 Å². The number of ether oxygens (including phenoxy) is 2. The summed E-state index contributed by atoms with van der Waals surface area (Å²) in [6, 6.07) is 8.36. The van der Waals surface area contributed by atoms with Crippen molar-refractivity contribution >= 4 is 11.6 Å². The Bertz CT molecular complexity index is 973. The molecule has 0 spiro atoms. The van der Waals surface area contributed by atoms with Crippen molar-refractivity contribution in [2.24, 2.45) is 0 Å². The van der Waals surface area contributed by atoms with Crippen LogP contribution in [-0.2, 0) is 11.3 Å². The van der Waals surface area contributed by atoms with E-state index in [1.165, 1.54) is 6.26 Å². The fourth-order valence-corrected chi connectivity index (χ4v) is 2.48. The van der Waals surface area contributed by atoms with E-state index in [9.17, 15) is 9.59 Å². The van der Waals surface area contributed by atoms with E-state index in [1.807, 2.05) is 0 Å². The minimum absolute atomic E-state index is 0.0170. The molecule has 1 N–H and O–H groups in total. The molecule has 26 heavy (non-hydrogen) atoms. The number of hydrogen-bond donors (Lipinski definition) is 1. The van der Waals surface area contributed by atoms with Crippen LogP contribution in [0.3, 0.4) is 0 Å². The molecule has 0 saturated heterocycles. The van der Waals surface area contributed by atoms with Crippen molar-refractivity contribution in [3.05, 3.63) is 47.1 Å². The lowest BCUT2D eigenvalue weighted by molar-refractivity contribution is -0.117. The molecule has 3 aromatic rings. The molecular weight excluding hydrogens is 342 g/mol. The Balaban J connectivity index is 1.46. The highest BCUT2D eigenvalue weighted by atomic mass is 16.5. The van der Waals surface area contributed by atoms with E-state index in [1.54, 1.807) is 30.3 Å². The number of nitrogens with zero attached hydrogens (tertiary/aromatic N) is 2. The maximum absolute atomic E-state index is 12.2. The van der Waals surface area contributed by atoms with Gasteiger partial charge in [-0.05, 0) is 24.3 Å². The van der Waals surface area contributed by atoms with Crippen molar-refractivity contribution in [3.63, 3.8) is 0 Å². The highest BCUT2D eigenvalue weighted by Gasteiger charge is 2.16. The molecule has 2 aromatic heterocycles. The van der Waals surface area contributed by atoms with Gasteiger partial charge in [-0.2, -0.15) is 4.68 Å². The van der Waals surface area contributed by atoms with E-state index in [4.69, 9.17) is 18.3 Å². The van der Waals surface area contributed by atoms with Gasteiger partial charge in [0.15, 0.2) is 17.3 Å². The monoisotopic (exact) mass is 357 g/mol. The molecule has 0 radical (unpaired) electrons. The number of benzene rings is 1. The Labute approximate surface area is 147 Å². The Hall–Kier alpha value is -3.49. The van der Waals surface area contributed by atoms with Crippen LogP contribution in [0.4, 0.5) is 5.69 Å². The third-order valence-corrected chi connectivity index (χ3v) is 3.66. The zero-order valence-electron chi connectivity index (χ0n) is 13.6. The van der Waals surface area contributed by atoms with Gasteiger partial charge in [0.25, 0.3) is 5.89 Å². The molecule has 1 amide bonds. The average Bonchev–Trinajstić information content (AvgIpc) is 3.20. The van der Waals surface area contributed by atoms with Crippen molar-refractivity contribution in [1.82, 2.24) is 9.78 Å². The molecule has 1 aliphatic rings. The number of carbonyl (C=O) groups is 1. The SMILES string of the molecule is O=C(Cn1nc(-c2ccco2)oc1=O)Nc1ccc2c(c1)OCCCO2. The number of aromatic nitrogens is 2. The van der Waals surface area contributed by atoms with Crippen LogP contribution in [0.25, 0.3) is 11.7 Å². The third kappa shape index (κ3) is 3.32. The van der Waals surface area contributed by atoms with Gasteiger partial charge in [0.2, 0.25) is 5.91 Å². The maximum atomic E-state index is 12.2. The maximum Gasteiger partial charge on any atom is 0.437 e. The summed E-state index contributed by atoms with van der Waals surface area (Å²) >= 11 is 0. The zero-order valence-corrected chi connectivity index (χ0v) is 13.6. The van der Waals surface area contributed by atoms with Crippen LogP contribution in [0.5, 0.6) is 11.5 Å². The summed E-state index contributed by atoms with van der Waals surface area (Å²) in [7, 11) is 0. The summed E-state index contributed by atoms with van der Waals surface area (Å²) in [6.07, 6.45) is 2.23. The molecule has 1 aromatic carbocycles. The summed E-state index contributed by atoms with van der Waals surface area (Å²) < 4.78 is 22.2. The minimum Gasteiger partial charge on any atom is -0.490 e. The number of fused-ring (bicyclic) bond motifs is 1. The summed E-state index contributed by atoms with van der Waals surface area (Å²) in [5.74, 6) is 0.356. The van der Waals surface area contributed by atoms with Crippen LogP contribution in [0.2, 0.25) is 0 Å². The molecule has 4 rings (SSSR count). The number of furan rings is 1. The Morgan fingerprint density at radius 3 is 2.85 bits per heavy atom. The number of anilines is 1. The van der Waals surface area contributed by atoms with Crippen LogP contribution in [0.1, 0.15) is 6.42 Å². The lowest BCUT2D eigenvalue weighted by Crippen LogP contribution is -2.25. The average molecular weight is 357 g/mol. The molecule has 1 aliphatic heterocycles. The molecule has 0 saturated carbocycles. The highest BCUT2D eigenvalue weighted by molar-refractivity contribution is 5.90. The van der Waals surface area contributed by atoms with Crippen molar-refractivity contribution in [2.75, 3.05) is 18.5 Å². The topological polar surface area (TPSA) is 109 Å². The van der Waals surface area contributed by atoms with Crippen LogP contribution in [0, 0.1) is 0 Å². The summed E-state index contributed by atoms with van der Waals surface area (Å²) in [5, 5.41) is 6.65. The number of amides is 1. The molecule has 9 heteroatoms. The second-order valence-corrected chi connectivity index (χ2v) is 5.57. The van der Waals surface area contributed by atoms with Crippen LogP contribution < -0.4 is 20.5 Å². The lowest BCUT2D eigenvalue weighted by Gasteiger charge is -2.10. The minimum atomic E-state index is -0.745. The van der Waals surface area contributed by atoms with Gasteiger partial charge < -0.3 is 23.6 Å². The van der Waals surface area contributed by atoms with Gasteiger partial charge in [-0.15, -0.1) is 5.10 Å². The van der Waals surface area contributed by atoms with Gasteiger partial charge in [0.05, 0.1) is 19.5 Å². The lowest BCUT2D eigenvalue weighted by atomic mass is 10.2. The van der Waals surface area contributed by atoms with E-state index in [-0.39, 0.29) is 12.4 Å². The van der Waals surface area contributed by atoms with E-state index in [0.717, 1.165) is 11.1 Å². The number of rotatable bonds is 4. The van der Waals surface area contributed by atoms with Gasteiger partial charge in [-0.25, -0.2) is 4.79 Å². The molecule has 0 aliphatic carbocycles. The second kappa shape index (κ2) is 6.79. The molecular formula is C17H15N3O6. The summed E-state index contributed by atoms with van der Waals surface area (Å²) in [5.41, 5.74) is 0.530. The predicted octanol–water partition coefficient (Wildman–Crippen LogP) is 1.90. The first kappa shape index (κ1) is 16.0. The van der Waals surface area contributed by atoms with E-state index in [2.05, 4.69) is 10.4 Å². The molecule has 0 fully saturated rings. The van der Waals surface area contributed by atoms with Crippen molar-refractivity contribution in [2.45, 2.75) is 13.0 Å². The fraction of sp³-hybridized carbons (Fsp3) is 0.235. The normalized spacial score (nSPS) is 13.2. The Kier molecular flexibility index (Phi) is 4.18. The zero-order chi connectivity index (χ0) is 17.9. The number of carbonyl (C=O) groups excluding carboxylic acids is 1. The molecule has 0 unspecified atom stereocenters. The van der Waals surface area contributed by atoms with Crippen LogP contribution >= 0.6 is 0 Å². The predicted molar refractivity (Wildman–Crippen MR) is 89.1 cm³/mol. The van der Waals surface area contributed by atoms with Gasteiger partial charge in [-0.3, -0.25) is 4.79 Å². The van der Waals surface area contributed by atoms with Crippen LogP contribution in [0.15, 0.2) is 50.2 Å². The Morgan fingerprint density at radius 2 is 2.04 bits per heavy atom. The number of nitrogens with one attached hydrogen (secondary N) is 1. The second-order valence-electron chi connectivity index (χ2n) is 5.57. The molecule has 0 bridgehead atoms. The molecule has 3 heterocycles. The van der Waals surface area contributed by atoms with Crippen LogP contribution in [-0.4, -0.2) is 28.9 Å². The van der Waals surface area contributed by atoms with Gasteiger partial charge >= 0.3 is 5.76 Å². The first-order chi connectivity index (χ1) is 12.7. The van der Waals surface area contributed by atoms with E-state index >= 15 is 0 Å². The molecule has 134 valence electrons. The summed E-state index contributed by atoms with van der Waals surface area (Å²) in [4.78, 5) is 24.0. The van der Waals surface area contributed by atoms with Crippen molar-refractivity contribution < 1.29 is 23.1 Å². The molecule has 0 atom stereocenters. The Morgan fingerprint density at radius 1 is 1.19 bits per heavy atom. The first-order valence-electron chi connectivity index (χ1n) is 8.00. The molecule has 9 nitrogen and oxygen atoms in total. The van der Waals surface area contributed by atoms with Crippen molar-refractivity contribution in [3.8, 4) is 23.1 Å². The van der Waals surface area contributed by atoms with E-state index < -0.39 is 11.7 Å². The smallest absolute Gasteiger partial charge is 0.437 e. The first-order valence-corrected chi connectivity index (χ1v) is 8.00. The van der Waals surface area contributed by atoms with Gasteiger partial charge in [-0.1, -0.05) is 0 Å². The van der Waals surface area contributed by atoms with Gasteiger partial charge in [0.1, 0.15) is 6.54 Å². The standard InChI is InChI=1S/C17H15N3O6/c21-15(10-20-17(22)26-16(19-20)13-3-1-6-24-13)18-11-4-5-12-14(9-11)25-8-2-7-23-12/h1,3-6,9H,2,7-8,10H2,(H,18,21). The summed E-state index contributed by atoms with van der Waals surface area (Å²) in [6.45, 7) is 0.845. The number of hydrogen-bond acceptors (Lipinski definition) is 7.